The normalized spacial score (nSPS) is 10.5. The first kappa shape index (κ1) is 22.8. The molecule has 0 radical (unpaired) electrons. The van der Waals surface area contributed by atoms with Crippen molar-refractivity contribution in [2.75, 3.05) is 20.8 Å². The maximum atomic E-state index is 12.3. The van der Waals surface area contributed by atoms with Gasteiger partial charge in [0.15, 0.2) is 11.5 Å². The summed E-state index contributed by atoms with van der Waals surface area (Å²) in [4.78, 5) is 12.3. The number of carbonyl (C=O) groups excluding carboxylic acids is 1. The lowest BCUT2D eigenvalue weighted by Crippen LogP contribution is -2.26. The van der Waals surface area contributed by atoms with E-state index >= 15 is 0 Å². The molecule has 1 aromatic carbocycles. The number of nitrogens with one attached hydrogen (secondary N) is 1. The molecule has 0 aliphatic heterocycles. The Hall–Kier alpha value is -2.53. The van der Waals surface area contributed by atoms with Gasteiger partial charge in [0.05, 0.1) is 38.9 Å². The molecule has 1 aromatic heterocycles. The minimum Gasteiger partial charge on any atom is -0.493 e. The summed E-state index contributed by atoms with van der Waals surface area (Å²) in [5, 5.41) is 16.2. The summed E-state index contributed by atoms with van der Waals surface area (Å²) in [6.45, 7) is 5.04. The van der Waals surface area contributed by atoms with Crippen molar-refractivity contribution >= 4 is 21.8 Å². The lowest BCUT2D eigenvalue weighted by atomic mass is 10.1. The molecule has 156 valence electrons. The Morgan fingerprint density at radius 1 is 1.24 bits per heavy atom. The van der Waals surface area contributed by atoms with E-state index in [0.29, 0.717) is 50.3 Å². The van der Waals surface area contributed by atoms with Crippen LogP contribution in [0.4, 0.5) is 0 Å². The van der Waals surface area contributed by atoms with Crippen LogP contribution in [0.1, 0.15) is 35.4 Å². The number of halogens is 1. The minimum atomic E-state index is 0.00479. The van der Waals surface area contributed by atoms with Crippen LogP contribution >= 0.6 is 15.9 Å². The number of hydrogen-bond donors (Lipinski definition) is 1. The van der Waals surface area contributed by atoms with E-state index in [1.807, 2.05) is 30.7 Å². The number of amides is 1. The zero-order valence-corrected chi connectivity index (χ0v) is 18.9. The van der Waals surface area contributed by atoms with Crippen molar-refractivity contribution in [3.8, 4) is 17.6 Å². The molecule has 1 N–H and O–H groups in total. The number of benzene rings is 1. The molecule has 0 spiro atoms. The highest BCUT2D eigenvalue weighted by Gasteiger charge is 2.14. The van der Waals surface area contributed by atoms with Crippen LogP contribution in [0.25, 0.3) is 0 Å². The molecule has 2 aromatic rings. The second-order valence-electron chi connectivity index (χ2n) is 6.68. The van der Waals surface area contributed by atoms with Crippen molar-refractivity contribution in [2.24, 2.45) is 0 Å². The highest BCUT2D eigenvalue weighted by atomic mass is 79.9. The van der Waals surface area contributed by atoms with Gasteiger partial charge in [-0.1, -0.05) is 15.9 Å². The summed E-state index contributed by atoms with van der Waals surface area (Å²) in [7, 11) is 3.20. The van der Waals surface area contributed by atoms with Gasteiger partial charge in [-0.15, -0.1) is 0 Å². The fourth-order valence-electron chi connectivity index (χ4n) is 3.22. The standard InChI is InChI=1S/C21H27BrN4O3/c1-14-17(15(2)26(25-14)11-5-9-23)6-7-21(27)24-10-8-16-12-19(28-3)20(29-4)13-18(16)22/h12-13H,5-8,10-11H2,1-4H3,(H,24,27). The van der Waals surface area contributed by atoms with Gasteiger partial charge in [0.25, 0.3) is 0 Å². The lowest BCUT2D eigenvalue weighted by molar-refractivity contribution is -0.121. The van der Waals surface area contributed by atoms with E-state index in [2.05, 4.69) is 32.4 Å². The Labute approximate surface area is 180 Å². The predicted molar refractivity (Wildman–Crippen MR) is 114 cm³/mol. The molecule has 1 amide bonds. The number of aryl methyl sites for hydroxylation is 2. The first-order valence-corrected chi connectivity index (χ1v) is 10.3. The van der Waals surface area contributed by atoms with Gasteiger partial charge in [0, 0.05) is 23.1 Å². The lowest BCUT2D eigenvalue weighted by Gasteiger charge is -2.12. The van der Waals surface area contributed by atoms with Gasteiger partial charge in [-0.3, -0.25) is 9.48 Å². The SMILES string of the molecule is COc1cc(Br)c(CCNC(=O)CCc2c(C)nn(CCC#N)c2C)cc1OC. The smallest absolute Gasteiger partial charge is 0.220 e. The zero-order chi connectivity index (χ0) is 21.4. The predicted octanol–water partition coefficient (Wildman–Crippen LogP) is 3.48. The highest BCUT2D eigenvalue weighted by molar-refractivity contribution is 9.10. The largest absolute Gasteiger partial charge is 0.493 e. The number of carbonyl (C=O) groups is 1. The topological polar surface area (TPSA) is 89.2 Å². The monoisotopic (exact) mass is 462 g/mol. The van der Waals surface area contributed by atoms with E-state index in [0.717, 1.165) is 27.0 Å². The Morgan fingerprint density at radius 3 is 2.59 bits per heavy atom. The van der Waals surface area contributed by atoms with Crippen LogP contribution in [0.15, 0.2) is 16.6 Å². The average molecular weight is 463 g/mol. The third-order valence-corrected chi connectivity index (χ3v) is 5.58. The van der Waals surface area contributed by atoms with E-state index in [4.69, 9.17) is 14.7 Å². The molecule has 0 fully saturated rings. The summed E-state index contributed by atoms with van der Waals surface area (Å²) in [5.41, 5.74) is 4.07. The summed E-state index contributed by atoms with van der Waals surface area (Å²) in [6.07, 6.45) is 2.14. The number of aromatic nitrogens is 2. The van der Waals surface area contributed by atoms with Crippen LogP contribution in [0.5, 0.6) is 11.5 Å². The van der Waals surface area contributed by atoms with E-state index in [9.17, 15) is 4.79 Å². The molecule has 2 rings (SSSR count). The van der Waals surface area contributed by atoms with Crippen LogP contribution in [0, 0.1) is 25.2 Å². The third-order valence-electron chi connectivity index (χ3n) is 4.84. The second kappa shape index (κ2) is 10.9. The van der Waals surface area contributed by atoms with Crippen molar-refractivity contribution in [1.82, 2.24) is 15.1 Å². The molecule has 0 aliphatic carbocycles. The molecule has 29 heavy (non-hydrogen) atoms. The van der Waals surface area contributed by atoms with E-state index in [1.165, 1.54) is 0 Å². The molecule has 8 heteroatoms. The summed E-state index contributed by atoms with van der Waals surface area (Å²) in [6, 6.07) is 5.91. The van der Waals surface area contributed by atoms with E-state index in [-0.39, 0.29) is 5.91 Å². The third kappa shape index (κ3) is 5.97. The molecule has 0 saturated carbocycles. The van der Waals surface area contributed by atoms with Gasteiger partial charge in [-0.05, 0) is 49.9 Å². The number of rotatable bonds is 10. The Morgan fingerprint density at radius 2 is 1.93 bits per heavy atom. The van der Waals surface area contributed by atoms with Crippen molar-refractivity contribution in [3.63, 3.8) is 0 Å². The minimum absolute atomic E-state index is 0.00479. The van der Waals surface area contributed by atoms with Gasteiger partial charge in [0.2, 0.25) is 5.91 Å². The average Bonchev–Trinajstić information content (AvgIpc) is 2.98. The molecule has 0 aliphatic rings. The summed E-state index contributed by atoms with van der Waals surface area (Å²) >= 11 is 3.54. The fraction of sp³-hybridized carbons (Fsp3) is 0.476. The Kier molecular flexibility index (Phi) is 8.52. The molecule has 0 atom stereocenters. The summed E-state index contributed by atoms with van der Waals surface area (Å²) in [5.74, 6) is 1.33. The first-order chi connectivity index (χ1) is 13.9. The Bertz CT molecular complexity index is 902. The molecular formula is C21H27BrN4O3. The van der Waals surface area contributed by atoms with Crippen molar-refractivity contribution in [2.45, 2.75) is 46.1 Å². The maximum Gasteiger partial charge on any atom is 0.220 e. The quantitative estimate of drug-likeness (QED) is 0.583. The zero-order valence-electron chi connectivity index (χ0n) is 17.3. The summed E-state index contributed by atoms with van der Waals surface area (Å²) < 4.78 is 13.4. The van der Waals surface area contributed by atoms with Gasteiger partial charge < -0.3 is 14.8 Å². The van der Waals surface area contributed by atoms with Gasteiger partial charge >= 0.3 is 0 Å². The van der Waals surface area contributed by atoms with Crippen molar-refractivity contribution in [3.05, 3.63) is 39.1 Å². The molecule has 0 saturated heterocycles. The number of nitriles is 1. The molecule has 7 nitrogen and oxygen atoms in total. The number of ether oxygens (including phenoxy) is 2. The van der Waals surface area contributed by atoms with E-state index < -0.39 is 0 Å². The van der Waals surface area contributed by atoms with Crippen LogP contribution in [-0.4, -0.2) is 36.5 Å². The molecular weight excluding hydrogens is 436 g/mol. The molecule has 0 unspecified atom stereocenters. The van der Waals surface area contributed by atoms with Crippen molar-refractivity contribution < 1.29 is 14.3 Å². The van der Waals surface area contributed by atoms with E-state index in [1.54, 1.807) is 14.2 Å². The second-order valence-corrected chi connectivity index (χ2v) is 7.53. The van der Waals surface area contributed by atoms with Crippen LogP contribution in [-0.2, 0) is 24.2 Å². The number of hydrogen-bond acceptors (Lipinski definition) is 5. The fourth-order valence-corrected chi connectivity index (χ4v) is 3.74. The first-order valence-electron chi connectivity index (χ1n) is 9.48. The molecule has 1 heterocycles. The van der Waals surface area contributed by atoms with Crippen molar-refractivity contribution in [1.29, 1.82) is 5.26 Å². The maximum absolute atomic E-state index is 12.3. The Balaban J connectivity index is 1.87. The van der Waals surface area contributed by atoms with Gasteiger partial charge in [-0.2, -0.15) is 10.4 Å². The number of methoxy groups -OCH3 is 2. The van der Waals surface area contributed by atoms with Crippen LogP contribution in [0.2, 0.25) is 0 Å². The van der Waals surface area contributed by atoms with Gasteiger partial charge in [0.1, 0.15) is 0 Å². The molecule has 0 bridgehead atoms. The number of nitrogens with zero attached hydrogens (tertiary/aromatic N) is 3. The van der Waals surface area contributed by atoms with Crippen LogP contribution in [0.3, 0.4) is 0 Å². The van der Waals surface area contributed by atoms with Crippen LogP contribution < -0.4 is 14.8 Å². The van der Waals surface area contributed by atoms with Gasteiger partial charge in [-0.25, -0.2) is 0 Å². The highest BCUT2D eigenvalue weighted by Crippen LogP contribution is 2.33.